The molecule has 0 unspecified atom stereocenters. The molecule has 13 aromatic rings. The summed E-state index contributed by atoms with van der Waals surface area (Å²) in [4.78, 5) is 39.7. The Morgan fingerprint density at radius 1 is 0.400 bits per heavy atom. The van der Waals surface area contributed by atoms with Crippen LogP contribution in [0, 0.1) is 32.4 Å². The summed E-state index contributed by atoms with van der Waals surface area (Å²) in [7, 11) is -13.9. The van der Waals surface area contributed by atoms with E-state index in [1.54, 1.807) is 66.7 Å². The molecule has 0 bridgehead atoms. The Bertz CT molecular complexity index is 7260. The molecule has 28 nitrogen and oxygen atoms in total. The number of para-hydroxylation sites is 1. The molecular formula is C94H101F2N9O19S6. The van der Waals surface area contributed by atoms with Gasteiger partial charge in [-0.25, -0.2) is 67.9 Å². The van der Waals surface area contributed by atoms with Gasteiger partial charge in [0.25, 0.3) is 27.7 Å². The highest BCUT2D eigenvalue weighted by molar-refractivity contribution is 7.92. The van der Waals surface area contributed by atoms with Crippen LogP contribution in [0.1, 0.15) is 132 Å². The number of benzene rings is 9. The SMILES string of the molecule is CNC(=O)c1c(-c2ccc(C)cc2)oc2cc(N(C)S(C)(=O)=O)c([C@H]3CCCN(S(=O)(=O)Cc4cccc(F)c4)C3)cc12.CNC(=O)c1c(-c2ccc(C)cc2)oc2cc(N(C)S(C)(=O)=O)c([C@H]3CCCN(S(=O)(=O)Cc4ccccc4F)C3)cc12.CNC(=O)c1c(-c2ccc(C)cc2)oc2cc(N(C)S(C)(=O)=O)c([C@H]3CCCN(S(=O)(=O)c4cc5ccccc5o4)C3)cc12. The Kier molecular flexibility index (Phi) is 27.4. The second-order valence-electron chi connectivity index (χ2n) is 33.1. The maximum Gasteiger partial charge on any atom is 0.276 e. The molecule has 3 fully saturated rings. The Morgan fingerprint density at radius 2 is 0.754 bits per heavy atom. The van der Waals surface area contributed by atoms with Crippen LogP contribution in [0.15, 0.2) is 211 Å². The molecule has 130 heavy (non-hydrogen) atoms. The largest absolute Gasteiger partial charge is 0.455 e. The fourth-order valence-corrected chi connectivity index (χ4v) is 23.2. The summed E-state index contributed by atoms with van der Waals surface area (Å²) in [5.41, 5.74) is 10.8. The zero-order chi connectivity index (χ0) is 93.6. The third-order valence-corrected chi connectivity index (χ3v) is 33.0. The zero-order valence-electron chi connectivity index (χ0n) is 73.7. The molecule has 7 heterocycles. The quantitative estimate of drug-likeness (QED) is 0.0535. The molecule has 0 aliphatic carbocycles. The zero-order valence-corrected chi connectivity index (χ0v) is 78.6. The first-order valence-corrected chi connectivity index (χ1v) is 52.1. The number of nitrogens with one attached hydrogen (secondary N) is 3. The molecule has 3 atom stereocenters. The lowest BCUT2D eigenvalue weighted by Gasteiger charge is -2.34. The Labute approximate surface area is 755 Å². The molecule has 0 radical (unpaired) electrons. The van der Waals surface area contributed by atoms with E-state index in [4.69, 9.17) is 17.7 Å². The van der Waals surface area contributed by atoms with E-state index < -0.39 is 83.4 Å². The number of piperidine rings is 3. The minimum absolute atomic E-state index is 0.0743. The highest BCUT2D eigenvalue weighted by Gasteiger charge is 2.40. The maximum absolute atomic E-state index is 14.3. The Balaban J connectivity index is 0.000000157. The summed E-state index contributed by atoms with van der Waals surface area (Å²) >= 11 is 0. The summed E-state index contributed by atoms with van der Waals surface area (Å²) in [6.07, 6.45) is 6.68. The Morgan fingerprint density at radius 3 is 1.12 bits per heavy atom. The van der Waals surface area contributed by atoms with Crippen LogP contribution in [-0.2, 0) is 71.6 Å². The molecule has 3 amide bonds. The van der Waals surface area contributed by atoms with Crippen LogP contribution in [0.4, 0.5) is 25.8 Å². The van der Waals surface area contributed by atoms with Gasteiger partial charge in [-0.3, -0.25) is 27.3 Å². The van der Waals surface area contributed by atoms with Crippen molar-refractivity contribution in [1.82, 2.24) is 28.9 Å². The topological polar surface area (TPSA) is 364 Å². The summed E-state index contributed by atoms with van der Waals surface area (Å²) < 4.78 is 218. The highest BCUT2D eigenvalue weighted by Crippen LogP contribution is 2.48. The van der Waals surface area contributed by atoms with Crippen molar-refractivity contribution in [2.45, 2.75) is 93.6 Å². The number of amides is 3. The first-order valence-electron chi connectivity index (χ1n) is 41.9. The van der Waals surface area contributed by atoms with Crippen LogP contribution in [0.2, 0.25) is 0 Å². The van der Waals surface area contributed by atoms with Crippen LogP contribution in [0.3, 0.4) is 0 Å². The molecule has 3 aliphatic rings. The van der Waals surface area contributed by atoms with Crippen molar-refractivity contribution in [3.05, 3.63) is 261 Å². The van der Waals surface area contributed by atoms with Crippen molar-refractivity contribution in [3.63, 3.8) is 0 Å². The standard InChI is InChI=1S/C32H33N3O7S2.2C31H34FN3O6S2/c1-20-11-13-21(14-12-20)31-30(32(36)33-2)25-17-24(26(18-28(25)42-31)34(3)43(4,37)38)23-9-7-15-35(19-23)44(39,40)29-16-22-8-5-6-10-27(22)41-29;1-20-10-12-22(13-11-20)30-29(31(36)33-2)26-16-25(27(17-28(26)41-30)34(3)42(4,37)38)23-8-6-14-35(18-23)43(39,40)19-21-7-5-9-24(32)15-21;1-20-11-13-21(14-12-20)30-29(31(36)33-2)25-16-24(27(17-28(25)41-30)34(3)42(4,37)38)22-9-7-15-35(18-22)43(39,40)19-23-8-5-6-10-26(23)32/h5-6,8,10-14,16-18,23H,7,9,15,19H2,1-4H3,(H,33,36);5,7,9-13,15-17,23H,6,8,14,18-19H2,1-4H3,(H,33,36);5-6,8,10-14,16-17,22H,7,9,15,18-19H2,1-4H3,(H,33,36)/t2*23-;22-/m000/s1. The molecule has 686 valence electrons. The van der Waals surface area contributed by atoms with E-state index in [0.717, 1.165) is 44.1 Å². The summed E-state index contributed by atoms with van der Waals surface area (Å²) in [6.45, 7) is 6.99. The van der Waals surface area contributed by atoms with E-state index in [0.29, 0.717) is 185 Å². The molecule has 9 aromatic carbocycles. The van der Waals surface area contributed by atoms with Gasteiger partial charge in [0.1, 0.15) is 51.2 Å². The minimum atomic E-state index is -3.98. The lowest BCUT2D eigenvalue weighted by atomic mass is 9.89. The predicted octanol–water partition coefficient (Wildman–Crippen LogP) is 15.5. The number of nitrogens with zero attached hydrogens (tertiary/aromatic N) is 6. The van der Waals surface area contributed by atoms with E-state index in [9.17, 15) is 73.7 Å². The number of furan rings is 4. The molecule has 0 saturated carbocycles. The summed E-state index contributed by atoms with van der Waals surface area (Å²) in [6, 6.07) is 52.6. The van der Waals surface area contributed by atoms with Gasteiger partial charge >= 0.3 is 0 Å². The number of carbonyl (C=O) groups excluding carboxylic acids is 3. The normalized spacial score (nSPS) is 16.4. The van der Waals surface area contributed by atoms with Gasteiger partial charge in [0.05, 0.1) is 64.0 Å². The van der Waals surface area contributed by atoms with Gasteiger partial charge in [-0.2, -0.15) is 4.31 Å². The average molecular weight is 1890 g/mol. The Hall–Kier alpha value is -11.6. The van der Waals surface area contributed by atoms with Crippen molar-refractivity contribution in [1.29, 1.82) is 0 Å². The molecule has 4 aromatic heterocycles. The van der Waals surface area contributed by atoms with E-state index in [2.05, 4.69) is 16.0 Å². The number of anilines is 3. The third kappa shape index (κ3) is 20.0. The number of fused-ring (bicyclic) bond motifs is 4. The fraction of sp³-hybridized carbons (Fsp3) is 0.309. The monoisotopic (exact) mass is 1890 g/mol. The van der Waals surface area contributed by atoms with Gasteiger partial charge in [0.2, 0.25) is 55.2 Å². The molecule has 3 aliphatic heterocycles. The third-order valence-electron chi connectivity index (χ3n) is 24.1. The fourth-order valence-electron chi connectivity index (χ4n) is 16.9. The van der Waals surface area contributed by atoms with Gasteiger partial charge in [0, 0.05) is 150 Å². The smallest absolute Gasteiger partial charge is 0.276 e. The van der Waals surface area contributed by atoms with Crippen molar-refractivity contribution >= 4 is 139 Å². The number of halogens is 2. The molecule has 3 N–H and O–H groups in total. The predicted molar refractivity (Wildman–Crippen MR) is 501 cm³/mol. The molecule has 3 saturated heterocycles. The van der Waals surface area contributed by atoms with Crippen LogP contribution >= 0.6 is 0 Å². The lowest BCUT2D eigenvalue weighted by Crippen LogP contribution is -2.40. The van der Waals surface area contributed by atoms with E-state index in [1.807, 2.05) is 99.6 Å². The molecular weight excluding hydrogens is 1790 g/mol. The van der Waals surface area contributed by atoms with Gasteiger partial charge in [-0.05, 0) is 142 Å². The number of carbonyl (C=O) groups is 3. The number of sulfonamides is 6. The van der Waals surface area contributed by atoms with Crippen molar-refractivity contribution < 1.29 is 91.3 Å². The van der Waals surface area contributed by atoms with Gasteiger partial charge in [-0.1, -0.05) is 138 Å². The lowest BCUT2D eigenvalue weighted by molar-refractivity contribution is 0.0956. The first kappa shape index (κ1) is 94.5. The number of rotatable bonds is 23. The van der Waals surface area contributed by atoms with Crippen LogP contribution < -0.4 is 28.9 Å². The molecule has 36 heteroatoms. The summed E-state index contributed by atoms with van der Waals surface area (Å²) in [5.74, 6) is -3.13. The van der Waals surface area contributed by atoms with Gasteiger partial charge in [0.15, 0.2) is 0 Å². The van der Waals surface area contributed by atoms with E-state index >= 15 is 0 Å². The molecule has 16 rings (SSSR count). The minimum Gasteiger partial charge on any atom is -0.455 e. The molecule has 0 spiro atoms. The number of hydrogen-bond acceptors (Lipinski definition) is 19. The van der Waals surface area contributed by atoms with Crippen molar-refractivity contribution in [2.75, 3.05) is 113 Å². The second kappa shape index (κ2) is 37.7. The van der Waals surface area contributed by atoms with E-state index in [1.165, 1.54) is 102 Å². The second-order valence-corrected chi connectivity index (χ2v) is 44.9. The number of aryl methyl sites for hydroxylation is 3. The van der Waals surface area contributed by atoms with Gasteiger partial charge < -0.3 is 33.6 Å². The van der Waals surface area contributed by atoms with E-state index in [-0.39, 0.29) is 72.1 Å². The average Bonchev–Trinajstić information content (AvgIpc) is 1.58. The first-order chi connectivity index (χ1) is 61.5. The number of hydrogen-bond donors (Lipinski definition) is 3. The highest BCUT2D eigenvalue weighted by atomic mass is 32.2. The van der Waals surface area contributed by atoms with Crippen molar-refractivity contribution in [2.24, 2.45) is 0 Å². The van der Waals surface area contributed by atoms with Crippen LogP contribution in [0.25, 0.3) is 77.8 Å². The van der Waals surface area contributed by atoms with Crippen molar-refractivity contribution in [3.8, 4) is 34.0 Å². The van der Waals surface area contributed by atoms with Crippen LogP contribution in [-0.4, -0.2) is 181 Å². The van der Waals surface area contributed by atoms with Gasteiger partial charge in [-0.15, -0.1) is 0 Å². The maximum atomic E-state index is 14.3. The van der Waals surface area contributed by atoms with Crippen LogP contribution in [0.5, 0.6) is 0 Å². The summed E-state index contributed by atoms with van der Waals surface area (Å²) in [5, 5.41) is 10.1.